The van der Waals surface area contributed by atoms with Crippen molar-refractivity contribution in [3.63, 3.8) is 0 Å². The normalized spacial score (nSPS) is 10.9. The summed E-state index contributed by atoms with van der Waals surface area (Å²) in [4.78, 5) is 15.6. The van der Waals surface area contributed by atoms with Crippen LogP contribution < -0.4 is 5.43 Å². The predicted molar refractivity (Wildman–Crippen MR) is 72.8 cm³/mol. The molecule has 3 rings (SSSR count). The van der Waals surface area contributed by atoms with Gasteiger partial charge in [0.15, 0.2) is 11.1 Å². The van der Waals surface area contributed by atoms with Gasteiger partial charge >= 0.3 is 0 Å². The molecule has 0 bridgehead atoms. The number of fused-ring (bicyclic) bond motifs is 1. The Morgan fingerprint density at radius 3 is 2.78 bits per heavy atom. The van der Waals surface area contributed by atoms with Gasteiger partial charge in [-0.15, -0.1) is 0 Å². The van der Waals surface area contributed by atoms with Crippen LogP contribution in [0.25, 0.3) is 5.65 Å². The Bertz CT molecular complexity index is 743. The van der Waals surface area contributed by atoms with E-state index in [1.807, 2.05) is 24.3 Å². The third-order valence-electron chi connectivity index (χ3n) is 2.69. The van der Waals surface area contributed by atoms with Gasteiger partial charge in [0.05, 0.1) is 0 Å². The number of hydrogen-bond acceptors (Lipinski definition) is 2. The summed E-state index contributed by atoms with van der Waals surface area (Å²) in [7, 11) is 0. The van der Waals surface area contributed by atoms with E-state index < -0.39 is 0 Å². The fourth-order valence-corrected chi connectivity index (χ4v) is 2.09. The van der Waals surface area contributed by atoms with Crippen LogP contribution in [-0.4, -0.2) is 14.6 Å². The SMILES string of the molecule is O=c1ccn2[nH]c(Cc3ccc(Br)cc3)nc2c1. The molecule has 2 heterocycles. The molecule has 0 spiro atoms. The number of aromatic amines is 1. The van der Waals surface area contributed by atoms with E-state index in [2.05, 4.69) is 26.0 Å². The second-order valence-electron chi connectivity index (χ2n) is 4.06. The van der Waals surface area contributed by atoms with E-state index in [0.717, 1.165) is 10.3 Å². The molecule has 0 fully saturated rings. The molecule has 0 aliphatic rings. The highest BCUT2D eigenvalue weighted by molar-refractivity contribution is 9.10. The molecule has 0 radical (unpaired) electrons. The smallest absolute Gasteiger partial charge is 0.183 e. The number of rotatable bonds is 2. The molecule has 3 aromatic rings. The molecule has 0 unspecified atom stereocenters. The van der Waals surface area contributed by atoms with Crippen LogP contribution in [-0.2, 0) is 6.42 Å². The maximum Gasteiger partial charge on any atom is 0.183 e. The van der Waals surface area contributed by atoms with Crippen LogP contribution in [0.5, 0.6) is 0 Å². The quantitative estimate of drug-likeness (QED) is 0.790. The maximum atomic E-state index is 11.2. The molecule has 18 heavy (non-hydrogen) atoms. The monoisotopic (exact) mass is 303 g/mol. The highest BCUT2D eigenvalue weighted by atomic mass is 79.9. The minimum absolute atomic E-state index is 0.0308. The van der Waals surface area contributed by atoms with E-state index >= 15 is 0 Å². The van der Waals surface area contributed by atoms with E-state index in [1.54, 1.807) is 10.7 Å². The van der Waals surface area contributed by atoms with E-state index in [-0.39, 0.29) is 5.43 Å². The first-order chi connectivity index (χ1) is 8.70. The fraction of sp³-hybridized carbons (Fsp3) is 0.0769. The summed E-state index contributed by atoms with van der Waals surface area (Å²) in [5.41, 5.74) is 1.78. The molecule has 90 valence electrons. The number of benzene rings is 1. The largest absolute Gasteiger partial charge is 0.290 e. The van der Waals surface area contributed by atoms with E-state index in [4.69, 9.17) is 0 Å². The minimum Gasteiger partial charge on any atom is -0.290 e. The van der Waals surface area contributed by atoms with Crippen LogP contribution in [0, 0.1) is 0 Å². The highest BCUT2D eigenvalue weighted by Crippen LogP contribution is 2.12. The first-order valence-corrected chi connectivity index (χ1v) is 6.32. The Balaban J connectivity index is 1.95. The van der Waals surface area contributed by atoms with Gasteiger partial charge < -0.3 is 0 Å². The number of nitrogens with zero attached hydrogens (tertiary/aromatic N) is 2. The number of halogens is 1. The summed E-state index contributed by atoms with van der Waals surface area (Å²) in [5, 5.41) is 3.14. The zero-order chi connectivity index (χ0) is 12.5. The van der Waals surface area contributed by atoms with Gasteiger partial charge in [-0.25, -0.2) is 9.50 Å². The Hall–Kier alpha value is -1.88. The third-order valence-corrected chi connectivity index (χ3v) is 3.22. The summed E-state index contributed by atoms with van der Waals surface area (Å²) in [5.74, 6) is 0.836. The fourth-order valence-electron chi connectivity index (χ4n) is 1.83. The average Bonchev–Trinajstić information content (AvgIpc) is 2.73. The maximum absolute atomic E-state index is 11.2. The molecule has 0 aliphatic heterocycles. The predicted octanol–water partition coefficient (Wildman–Crippen LogP) is 2.38. The molecule has 0 amide bonds. The molecule has 1 N–H and O–H groups in total. The standard InChI is InChI=1S/C13H10BrN3O/c14-10-3-1-9(2-4-10)7-12-15-13-8-11(18)5-6-17(13)16-12/h1-6,8H,7H2,(H,15,16). The molecule has 1 aromatic carbocycles. The second-order valence-corrected chi connectivity index (χ2v) is 4.98. The van der Waals surface area contributed by atoms with Crippen molar-refractivity contribution >= 4 is 21.6 Å². The second kappa shape index (κ2) is 4.42. The number of H-pyrrole nitrogens is 1. The number of pyridine rings is 1. The molecule has 2 aromatic heterocycles. The average molecular weight is 304 g/mol. The van der Waals surface area contributed by atoms with E-state index in [9.17, 15) is 4.79 Å². The molecular formula is C13H10BrN3O. The molecule has 0 saturated heterocycles. The summed E-state index contributed by atoms with van der Waals surface area (Å²) < 4.78 is 2.80. The number of nitrogens with one attached hydrogen (secondary N) is 1. The van der Waals surface area contributed by atoms with Crippen LogP contribution in [0.4, 0.5) is 0 Å². The zero-order valence-electron chi connectivity index (χ0n) is 9.43. The zero-order valence-corrected chi connectivity index (χ0v) is 11.0. The van der Waals surface area contributed by atoms with Gasteiger partial charge in [0, 0.05) is 29.2 Å². The van der Waals surface area contributed by atoms with Gasteiger partial charge in [-0.3, -0.25) is 9.89 Å². The molecule has 5 heteroatoms. The lowest BCUT2D eigenvalue weighted by Gasteiger charge is -1.97. The molecule has 0 saturated carbocycles. The third kappa shape index (κ3) is 2.22. The van der Waals surface area contributed by atoms with E-state index in [1.165, 1.54) is 17.7 Å². The lowest BCUT2D eigenvalue weighted by Crippen LogP contribution is -1.98. The summed E-state index contributed by atoms with van der Waals surface area (Å²) in [6.07, 6.45) is 2.40. The van der Waals surface area contributed by atoms with Crippen LogP contribution in [0.1, 0.15) is 11.4 Å². The van der Waals surface area contributed by atoms with Gasteiger partial charge in [-0.05, 0) is 17.7 Å². The first-order valence-electron chi connectivity index (χ1n) is 5.52. The summed E-state index contributed by atoms with van der Waals surface area (Å²) in [6.45, 7) is 0. The summed E-state index contributed by atoms with van der Waals surface area (Å²) >= 11 is 3.40. The number of hydrogen-bond donors (Lipinski definition) is 1. The lowest BCUT2D eigenvalue weighted by molar-refractivity contribution is 0.899. The Kier molecular flexibility index (Phi) is 2.76. The van der Waals surface area contributed by atoms with Crippen molar-refractivity contribution in [2.75, 3.05) is 0 Å². The molecular weight excluding hydrogens is 294 g/mol. The van der Waals surface area contributed by atoms with Crippen molar-refractivity contribution in [3.05, 3.63) is 68.7 Å². The van der Waals surface area contributed by atoms with Crippen LogP contribution >= 0.6 is 15.9 Å². The van der Waals surface area contributed by atoms with E-state index in [0.29, 0.717) is 12.1 Å². The van der Waals surface area contributed by atoms with Crippen molar-refractivity contribution in [1.82, 2.24) is 14.6 Å². The topological polar surface area (TPSA) is 50.2 Å². The minimum atomic E-state index is -0.0308. The first kappa shape index (κ1) is 11.2. The van der Waals surface area contributed by atoms with Crippen molar-refractivity contribution in [2.45, 2.75) is 6.42 Å². The highest BCUT2D eigenvalue weighted by Gasteiger charge is 2.03. The van der Waals surface area contributed by atoms with Crippen LogP contribution in [0.15, 0.2) is 51.9 Å². The van der Waals surface area contributed by atoms with Gasteiger partial charge in [-0.2, -0.15) is 0 Å². The lowest BCUT2D eigenvalue weighted by atomic mass is 10.1. The van der Waals surface area contributed by atoms with Crippen molar-refractivity contribution < 1.29 is 0 Å². The van der Waals surface area contributed by atoms with Crippen LogP contribution in [0.2, 0.25) is 0 Å². The Morgan fingerprint density at radius 1 is 1.22 bits per heavy atom. The molecule has 4 nitrogen and oxygen atoms in total. The summed E-state index contributed by atoms with van der Waals surface area (Å²) in [6, 6.07) is 11.1. The molecule has 0 atom stereocenters. The molecule has 0 aliphatic carbocycles. The number of aromatic nitrogens is 3. The Labute approximate surface area is 111 Å². The Morgan fingerprint density at radius 2 is 2.00 bits per heavy atom. The van der Waals surface area contributed by atoms with Crippen LogP contribution in [0.3, 0.4) is 0 Å². The van der Waals surface area contributed by atoms with Crippen molar-refractivity contribution in [3.8, 4) is 0 Å². The van der Waals surface area contributed by atoms with Crippen molar-refractivity contribution in [2.24, 2.45) is 0 Å². The van der Waals surface area contributed by atoms with Gasteiger partial charge in [-0.1, -0.05) is 28.1 Å². The van der Waals surface area contributed by atoms with Crippen molar-refractivity contribution in [1.29, 1.82) is 0 Å². The van der Waals surface area contributed by atoms with Gasteiger partial charge in [0.2, 0.25) is 0 Å². The van der Waals surface area contributed by atoms with Gasteiger partial charge in [0.1, 0.15) is 5.82 Å². The van der Waals surface area contributed by atoms with Gasteiger partial charge in [0.25, 0.3) is 0 Å².